The number of ether oxygens (including phenoxy) is 1. The number of carbonyl (C=O) groups excluding carboxylic acids is 1. The van der Waals surface area contributed by atoms with E-state index in [1.165, 1.54) is 34.9 Å². The van der Waals surface area contributed by atoms with Gasteiger partial charge in [-0.2, -0.15) is 22.0 Å². The van der Waals surface area contributed by atoms with Gasteiger partial charge in [-0.1, -0.05) is 61.2 Å². The van der Waals surface area contributed by atoms with Crippen LogP contribution in [0.15, 0.2) is 78.0 Å². The molecule has 0 spiro atoms. The van der Waals surface area contributed by atoms with E-state index in [2.05, 4.69) is 37.6 Å². The van der Waals surface area contributed by atoms with Gasteiger partial charge in [0.25, 0.3) is 0 Å². The van der Waals surface area contributed by atoms with Crippen molar-refractivity contribution in [3.05, 3.63) is 89.7 Å². The molecule has 1 aliphatic rings. The summed E-state index contributed by atoms with van der Waals surface area (Å²) in [5.74, 6) is 0.0912. The quantitative estimate of drug-likeness (QED) is 0.107. The molecule has 46 heavy (non-hydrogen) atoms. The smallest absolute Gasteiger partial charge is 0.426 e. The third kappa shape index (κ3) is 7.21. The first kappa shape index (κ1) is 33.0. The van der Waals surface area contributed by atoms with Crippen molar-refractivity contribution in [2.24, 2.45) is 4.99 Å². The SMILES string of the molecule is CCc1cccc(C)c1N1C(=O)CS/C1=N\CNNC(C)c1ccc(-c2ncn(-c3ccc(OC(F)(F)C(F)(F)F)cc3)n2)cc1. The Bertz CT molecular complexity index is 1710. The fourth-order valence-corrected chi connectivity index (χ4v) is 5.59. The molecule has 15 heteroatoms. The number of aromatic nitrogens is 3. The summed E-state index contributed by atoms with van der Waals surface area (Å²) < 4.78 is 68.7. The number of hydrogen-bond donors (Lipinski definition) is 2. The zero-order valence-electron chi connectivity index (χ0n) is 25.0. The lowest BCUT2D eigenvalue weighted by atomic mass is 10.0. The van der Waals surface area contributed by atoms with Gasteiger partial charge in [-0.3, -0.25) is 9.69 Å². The fourth-order valence-electron chi connectivity index (χ4n) is 4.73. The van der Waals surface area contributed by atoms with E-state index in [0.29, 0.717) is 28.0 Å². The molecule has 3 aromatic carbocycles. The summed E-state index contributed by atoms with van der Waals surface area (Å²) in [6, 6.07) is 18.0. The van der Waals surface area contributed by atoms with Gasteiger partial charge >= 0.3 is 12.3 Å². The Morgan fingerprint density at radius 2 is 1.76 bits per heavy atom. The Morgan fingerprint density at radius 1 is 1.04 bits per heavy atom. The van der Waals surface area contributed by atoms with Crippen molar-refractivity contribution < 1.29 is 31.5 Å². The minimum Gasteiger partial charge on any atom is -0.426 e. The van der Waals surface area contributed by atoms with Gasteiger partial charge < -0.3 is 4.74 Å². The number of halogens is 5. The summed E-state index contributed by atoms with van der Waals surface area (Å²) in [5.41, 5.74) is 11.4. The molecular formula is C31H30F5N7O2S. The Kier molecular flexibility index (Phi) is 9.74. The van der Waals surface area contributed by atoms with Crippen molar-refractivity contribution in [1.82, 2.24) is 25.6 Å². The van der Waals surface area contributed by atoms with Gasteiger partial charge in [0.2, 0.25) is 5.91 Å². The van der Waals surface area contributed by atoms with Crippen LogP contribution in [-0.2, 0) is 11.2 Å². The van der Waals surface area contributed by atoms with Gasteiger partial charge in [0.05, 0.1) is 17.1 Å². The van der Waals surface area contributed by atoms with E-state index < -0.39 is 18.0 Å². The molecule has 0 saturated carbocycles. The Hall–Kier alpha value is -4.34. The highest BCUT2D eigenvalue weighted by Gasteiger charge is 2.61. The number of aliphatic imine (C=N–C) groups is 1. The second kappa shape index (κ2) is 13.6. The number of aryl methyl sites for hydroxylation is 2. The lowest BCUT2D eigenvalue weighted by molar-refractivity contribution is -0.360. The van der Waals surface area contributed by atoms with E-state index in [1.807, 2.05) is 56.3 Å². The summed E-state index contributed by atoms with van der Waals surface area (Å²) in [6.45, 7) is 6.28. The monoisotopic (exact) mass is 659 g/mol. The number of anilines is 1. The first-order valence-corrected chi connectivity index (χ1v) is 15.2. The highest BCUT2D eigenvalue weighted by atomic mass is 32.2. The van der Waals surface area contributed by atoms with Crippen molar-refractivity contribution in [2.45, 2.75) is 45.5 Å². The van der Waals surface area contributed by atoms with E-state index in [9.17, 15) is 26.7 Å². The largest absolute Gasteiger partial charge is 0.499 e. The molecule has 1 aromatic heterocycles. The summed E-state index contributed by atoms with van der Waals surface area (Å²) in [5, 5.41) is 5.03. The number of thioether (sulfide) groups is 1. The maximum atomic E-state index is 13.2. The van der Waals surface area contributed by atoms with E-state index in [0.717, 1.165) is 40.9 Å². The van der Waals surface area contributed by atoms with Crippen molar-refractivity contribution in [3.63, 3.8) is 0 Å². The van der Waals surface area contributed by atoms with E-state index in [-0.39, 0.29) is 18.6 Å². The van der Waals surface area contributed by atoms with Gasteiger partial charge in [-0.15, -0.1) is 5.10 Å². The third-order valence-corrected chi connectivity index (χ3v) is 8.10. The van der Waals surface area contributed by atoms with E-state index >= 15 is 0 Å². The second-order valence-corrected chi connectivity index (χ2v) is 11.3. The van der Waals surface area contributed by atoms with Crippen molar-refractivity contribution in [2.75, 3.05) is 17.3 Å². The zero-order valence-corrected chi connectivity index (χ0v) is 25.8. The minimum atomic E-state index is -5.83. The van der Waals surface area contributed by atoms with Gasteiger partial charge in [-0.25, -0.2) is 25.5 Å². The molecule has 0 radical (unpaired) electrons. The predicted octanol–water partition coefficient (Wildman–Crippen LogP) is 6.59. The van der Waals surface area contributed by atoms with Gasteiger partial charge in [-0.05, 0) is 61.2 Å². The van der Waals surface area contributed by atoms with Gasteiger partial charge in [0, 0.05) is 11.6 Å². The van der Waals surface area contributed by atoms with Crippen molar-refractivity contribution >= 4 is 28.5 Å². The zero-order chi connectivity index (χ0) is 33.1. The minimum absolute atomic E-state index is 0.00759. The number of hydrazine groups is 1. The third-order valence-electron chi connectivity index (χ3n) is 7.14. The number of amidine groups is 1. The summed E-state index contributed by atoms with van der Waals surface area (Å²) in [4.78, 5) is 23.4. The molecule has 9 nitrogen and oxygen atoms in total. The lowest BCUT2D eigenvalue weighted by Crippen LogP contribution is -2.41. The van der Waals surface area contributed by atoms with Crippen molar-refractivity contribution in [1.29, 1.82) is 0 Å². The molecule has 1 saturated heterocycles. The molecular weight excluding hydrogens is 629 g/mol. The van der Waals surface area contributed by atoms with Gasteiger partial charge in [0.1, 0.15) is 18.7 Å². The number of benzene rings is 3. The van der Waals surface area contributed by atoms with Crippen LogP contribution in [0.5, 0.6) is 5.75 Å². The number of nitrogens with one attached hydrogen (secondary N) is 2. The molecule has 1 amide bonds. The van der Waals surface area contributed by atoms with Crippen molar-refractivity contribution in [3.8, 4) is 22.8 Å². The van der Waals surface area contributed by atoms with Crippen LogP contribution in [0.1, 0.15) is 36.6 Å². The van der Waals surface area contributed by atoms with Crippen LogP contribution < -0.4 is 20.5 Å². The van der Waals surface area contributed by atoms with Gasteiger partial charge in [0.15, 0.2) is 11.0 Å². The predicted molar refractivity (Wildman–Crippen MR) is 166 cm³/mol. The topological polar surface area (TPSA) is 96.7 Å². The summed E-state index contributed by atoms with van der Waals surface area (Å²) >= 11 is 1.41. The average molecular weight is 660 g/mol. The second-order valence-electron chi connectivity index (χ2n) is 10.3. The van der Waals surface area contributed by atoms with Crippen LogP contribution in [0.25, 0.3) is 17.1 Å². The normalized spacial score (nSPS) is 15.5. The molecule has 1 fully saturated rings. The number of alkyl halides is 5. The fraction of sp³-hybridized carbons (Fsp3) is 0.290. The van der Waals surface area contributed by atoms with Crippen LogP contribution in [0.2, 0.25) is 0 Å². The average Bonchev–Trinajstić information content (AvgIpc) is 3.66. The number of amides is 1. The van der Waals surface area contributed by atoms with Crippen LogP contribution in [0, 0.1) is 6.92 Å². The van der Waals surface area contributed by atoms with Crippen LogP contribution in [0.3, 0.4) is 0 Å². The number of hydrogen-bond acceptors (Lipinski definition) is 8. The highest BCUT2D eigenvalue weighted by Crippen LogP contribution is 2.37. The number of nitrogens with zero attached hydrogens (tertiary/aromatic N) is 5. The Labute approximate surface area is 265 Å². The Balaban J connectivity index is 1.17. The molecule has 1 atom stereocenters. The molecule has 242 valence electrons. The molecule has 5 rings (SSSR count). The number of carbonyl (C=O) groups is 1. The number of rotatable bonds is 11. The summed E-state index contributed by atoms with van der Waals surface area (Å²) in [7, 11) is 0. The molecule has 2 heterocycles. The Morgan fingerprint density at radius 3 is 2.43 bits per heavy atom. The molecule has 2 N–H and O–H groups in total. The maximum absolute atomic E-state index is 13.2. The molecule has 0 bridgehead atoms. The lowest BCUT2D eigenvalue weighted by Gasteiger charge is -2.22. The van der Waals surface area contributed by atoms with E-state index in [1.54, 1.807) is 4.90 Å². The maximum Gasteiger partial charge on any atom is 0.499 e. The summed E-state index contributed by atoms with van der Waals surface area (Å²) in [6.07, 6.45) is -8.93. The van der Waals surface area contributed by atoms with Crippen LogP contribution >= 0.6 is 11.8 Å². The molecule has 1 aliphatic heterocycles. The first-order valence-electron chi connectivity index (χ1n) is 14.2. The first-order chi connectivity index (χ1) is 21.9. The van der Waals surface area contributed by atoms with E-state index in [4.69, 9.17) is 0 Å². The van der Waals surface area contributed by atoms with Crippen LogP contribution in [-0.4, -0.2) is 50.5 Å². The molecule has 4 aromatic rings. The highest BCUT2D eigenvalue weighted by molar-refractivity contribution is 8.15. The number of para-hydroxylation sites is 1. The molecule has 1 unspecified atom stereocenters. The molecule has 0 aliphatic carbocycles. The van der Waals surface area contributed by atoms with Crippen LogP contribution in [0.4, 0.5) is 27.6 Å². The standard InChI is InChI=1S/C31H30F5N7O2S/c1-4-21-7-5-6-19(2)27(21)43-26(44)16-46-29(43)37-17-39-40-20(3)22-8-10-23(11-9-22)28-38-18-42(41-28)24-12-14-25(15-13-24)45-31(35,36)30(32,33)34/h5-15,18,20,39-40H,4,16-17H2,1-3H3/b37-29-.